The number of hydrogen-bond acceptors (Lipinski definition) is 8. The van der Waals surface area contributed by atoms with Crippen molar-refractivity contribution in [1.29, 1.82) is 0 Å². The number of imidazole rings is 1. The summed E-state index contributed by atoms with van der Waals surface area (Å²) in [4.78, 5) is 21.6. The van der Waals surface area contributed by atoms with Gasteiger partial charge in [0.25, 0.3) is 0 Å². The van der Waals surface area contributed by atoms with E-state index < -0.39 is 11.6 Å². The molecule has 0 atom stereocenters. The predicted molar refractivity (Wildman–Crippen MR) is 136 cm³/mol. The zero-order valence-corrected chi connectivity index (χ0v) is 20.1. The molecule has 5 heterocycles. The van der Waals surface area contributed by atoms with Crippen LogP contribution in [-0.2, 0) is 6.54 Å². The number of likely N-dealkylation sites (N-methyl/N-ethyl adjacent to an activating group) is 1. The van der Waals surface area contributed by atoms with E-state index in [-0.39, 0.29) is 28.3 Å². The van der Waals surface area contributed by atoms with Crippen LogP contribution < -0.4 is 5.32 Å². The maximum atomic E-state index is 15.0. The highest BCUT2D eigenvalue weighted by Crippen LogP contribution is 2.33. The number of fused-ring (bicyclic) bond motifs is 3. The van der Waals surface area contributed by atoms with Crippen LogP contribution in [0, 0.1) is 11.6 Å². The number of hydrogen-bond donors (Lipinski definition) is 2. The number of benzene rings is 1. The second-order valence-corrected chi connectivity index (χ2v) is 9.18. The number of rotatable bonds is 5. The second-order valence-electron chi connectivity index (χ2n) is 9.18. The molecule has 0 radical (unpaired) electrons. The fourth-order valence-corrected chi connectivity index (χ4v) is 4.59. The van der Waals surface area contributed by atoms with Gasteiger partial charge in [-0.3, -0.25) is 9.30 Å². The molecule has 1 fully saturated rings. The number of nitrogens with zero attached hydrogens (tertiary/aromatic N) is 7. The topological polar surface area (TPSA) is 94.7 Å². The molecular formula is C26H24F2N8O. The lowest BCUT2D eigenvalue weighted by atomic mass is 10.1. The Hall–Kier alpha value is -4.22. The summed E-state index contributed by atoms with van der Waals surface area (Å²) in [6.45, 7) is 4.96. The van der Waals surface area contributed by atoms with Gasteiger partial charge < -0.3 is 15.3 Å². The molecule has 6 rings (SSSR count). The van der Waals surface area contributed by atoms with E-state index in [4.69, 9.17) is 0 Å². The lowest BCUT2D eigenvalue weighted by molar-refractivity contribution is 0.148. The summed E-state index contributed by atoms with van der Waals surface area (Å²) in [5, 5.41) is 13.3. The van der Waals surface area contributed by atoms with Gasteiger partial charge in [0, 0.05) is 62.9 Å². The number of halogens is 2. The predicted octanol–water partition coefficient (Wildman–Crippen LogP) is 3.81. The molecule has 11 heteroatoms. The average molecular weight is 503 g/mol. The molecule has 0 amide bonds. The van der Waals surface area contributed by atoms with Gasteiger partial charge in [0.1, 0.15) is 28.7 Å². The van der Waals surface area contributed by atoms with Crippen LogP contribution in [0.5, 0.6) is 5.75 Å². The summed E-state index contributed by atoms with van der Waals surface area (Å²) in [6.07, 6.45) is 6.01. The Balaban J connectivity index is 1.27. The Morgan fingerprint density at radius 2 is 1.81 bits per heavy atom. The zero-order chi connectivity index (χ0) is 25.5. The first kappa shape index (κ1) is 23.2. The SMILES string of the molecule is CN1CCN(Cc2ccc(Nc3ncc(F)c(-c4cc(F)c5c(O)cc6nccn6c5c4)n3)nc2)CC1. The van der Waals surface area contributed by atoms with Gasteiger partial charge in [0.15, 0.2) is 5.82 Å². The largest absolute Gasteiger partial charge is 0.507 e. The minimum absolute atomic E-state index is 0.0166. The molecule has 1 aromatic carbocycles. The summed E-state index contributed by atoms with van der Waals surface area (Å²) in [5.41, 5.74) is 1.99. The summed E-state index contributed by atoms with van der Waals surface area (Å²) in [7, 11) is 2.13. The van der Waals surface area contributed by atoms with Gasteiger partial charge in [-0.15, -0.1) is 0 Å². The van der Waals surface area contributed by atoms with Gasteiger partial charge in [-0.05, 0) is 30.8 Å². The number of aromatic nitrogens is 5. The molecule has 9 nitrogen and oxygen atoms in total. The molecule has 1 saturated heterocycles. The van der Waals surface area contributed by atoms with Crippen molar-refractivity contribution < 1.29 is 13.9 Å². The Kier molecular flexibility index (Phi) is 5.85. The van der Waals surface area contributed by atoms with Gasteiger partial charge >= 0.3 is 0 Å². The van der Waals surface area contributed by atoms with Crippen LogP contribution in [-0.4, -0.2) is 72.5 Å². The summed E-state index contributed by atoms with van der Waals surface area (Å²) >= 11 is 0. The molecule has 0 saturated carbocycles. The molecule has 0 unspecified atom stereocenters. The molecule has 0 bridgehead atoms. The minimum Gasteiger partial charge on any atom is -0.507 e. The van der Waals surface area contributed by atoms with Gasteiger partial charge in [0.2, 0.25) is 5.95 Å². The highest BCUT2D eigenvalue weighted by Gasteiger charge is 2.18. The van der Waals surface area contributed by atoms with Crippen LogP contribution >= 0.6 is 0 Å². The van der Waals surface area contributed by atoms with Gasteiger partial charge in [0.05, 0.1) is 17.1 Å². The van der Waals surface area contributed by atoms with Crippen LogP contribution in [0.3, 0.4) is 0 Å². The second kappa shape index (κ2) is 9.34. The van der Waals surface area contributed by atoms with Crippen LogP contribution in [0.2, 0.25) is 0 Å². The van der Waals surface area contributed by atoms with E-state index in [1.54, 1.807) is 22.9 Å². The molecule has 37 heavy (non-hydrogen) atoms. The third kappa shape index (κ3) is 4.54. The maximum absolute atomic E-state index is 15.0. The summed E-state index contributed by atoms with van der Waals surface area (Å²) in [5.74, 6) is -1.02. The highest BCUT2D eigenvalue weighted by molar-refractivity contribution is 5.91. The van der Waals surface area contributed by atoms with E-state index in [9.17, 15) is 9.50 Å². The number of pyridine rings is 2. The van der Waals surface area contributed by atoms with Crippen LogP contribution in [0.1, 0.15) is 5.56 Å². The minimum atomic E-state index is -0.707. The van der Waals surface area contributed by atoms with E-state index in [2.05, 4.69) is 42.1 Å². The Morgan fingerprint density at radius 3 is 2.59 bits per heavy atom. The van der Waals surface area contributed by atoms with E-state index in [0.717, 1.165) is 50.6 Å². The van der Waals surface area contributed by atoms with Crippen LogP contribution in [0.15, 0.2) is 55.1 Å². The molecule has 1 aliphatic heterocycles. The van der Waals surface area contributed by atoms with E-state index in [1.807, 2.05) is 12.1 Å². The lowest BCUT2D eigenvalue weighted by Gasteiger charge is -2.32. The lowest BCUT2D eigenvalue weighted by Crippen LogP contribution is -2.43. The number of piperazine rings is 1. The molecule has 188 valence electrons. The van der Waals surface area contributed by atoms with E-state index >= 15 is 4.39 Å². The first-order valence-corrected chi connectivity index (χ1v) is 11.9. The first-order chi connectivity index (χ1) is 17.9. The van der Waals surface area contributed by atoms with Gasteiger partial charge in [-0.1, -0.05) is 6.07 Å². The third-order valence-corrected chi connectivity index (χ3v) is 6.60. The Bertz CT molecular complexity index is 1600. The average Bonchev–Trinajstić information content (AvgIpc) is 3.36. The highest BCUT2D eigenvalue weighted by atomic mass is 19.1. The number of nitrogens with one attached hydrogen (secondary N) is 1. The maximum Gasteiger partial charge on any atom is 0.229 e. The summed E-state index contributed by atoms with van der Waals surface area (Å²) in [6, 6.07) is 7.90. The van der Waals surface area contributed by atoms with Crippen molar-refractivity contribution >= 4 is 28.3 Å². The van der Waals surface area contributed by atoms with Crippen molar-refractivity contribution in [3.63, 3.8) is 0 Å². The zero-order valence-electron chi connectivity index (χ0n) is 20.1. The molecule has 0 aliphatic carbocycles. The Morgan fingerprint density at radius 1 is 0.973 bits per heavy atom. The van der Waals surface area contributed by atoms with Crippen molar-refractivity contribution in [3.05, 3.63) is 72.3 Å². The van der Waals surface area contributed by atoms with Gasteiger partial charge in [-0.2, -0.15) is 0 Å². The van der Waals surface area contributed by atoms with Crippen molar-refractivity contribution in [2.75, 3.05) is 38.5 Å². The van der Waals surface area contributed by atoms with Crippen molar-refractivity contribution in [2.24, 2.45) is 0 Å². The van der Waals surface area contributed by atoms with Crippen LogP contribution in [0.25, 0.3) is 27.8 Å². The first-order valence-electron chi connectivity index (χ1n) is 11.9. The smallest absolute Gasteiger partial charge is 0.229 e. The summed E-state index contributed by atoms with van der Waals surface area (Å²) < 4.78 is 31.5. The normalized spacial score (nSPS) is 15.0. The standard InChI is InChI=1S/C26H24F2N8O/c1-34-6-8-35(9-7-34)15-16-2-3-22(30-13-16)32-26-31-14-19(28)25(33-26)17-10-18(27)24-20(11-17)36-5-4-29-23(36)12-21(24)37/h2-5,10-14,37H,6-9,15H2,1H3,(H,30,31,32,33). The molecule has 4 aromatic heterocycles. The number of anilines is 2. The third-order valence-electron chi connectivity index (χ3n) is 6.60. The fraction of sp³-hybridized carbons (Fsp3) is 0.231. The van der Waals surface area contributed by atoms with Crippen molar-refractivity contribution in [2.45, 2.75) is 6.54 Å². The number of aromatic hydroxyl groups is 1. The Labute approximate surface area is 211 Å². The molecule has 2 N–H and O–H groups in total. The van der Waals surface area contributed by atoms with Crippen molar-refractivity contribution in [1.82, 2.24) is 34.1 Å². The molecular weight excluding hydrogens is 478 g/mol. The molecule has 5 aromatic rings. The molecule has 1 aliphatic rings. The molecule has 0 spiro atoms. The fourth-order valence-electron chi connectivity index (χ4n) is 4.59. The quantitative estimate of drug-likeness (QED) is 0.375. The van der Waals surface area contributed by atoms with E-state index in [0.29, 0.717) is 17.0 Å². The van der Waals surface area contributed by atoms with Gasteiger partial charge in [-0.25, -0.2) is 28.7 Å². The van der Waals surface area contributed by atoms with Crippen molar-refractivity contribution in [3.8, 4) is 17.0 Å². The van der Waals surface area contributed by atoms with Crippen LogP contribution in [0.4, 0.5) is 20.5 Å². The van der Waals surface area contributed by atoms with E-state index in [1.165, 1.54) is 12.3 Å². The monoisotopic (exact) mass is 502 g/mol.